The van der Waals surface area contributed by atoms with Crippen LogP contribution in [-0.2, 0) is 0 Å². The number of fused-ring (bicyclic) bond motifs is 2. The topological polar surface area (TPSA) is 96.0 Å². The Morgan fingerprint density at radius 1 is 0.700 bits per heavy atom. The summed E-state index contributed by atoms with van der Waals surface area (Å²) >= 11 is 0. The van der Waals surface area contributed by atoms with Crippen molar-refractivity contribution < 1.29 is 0 Å². The first-order valence-electron chi connectivity index (χ1n) is 9.50. The number of aromatic nitrogens is 7. The lowest BCUT2D eigenvalue weighted by molar-refractivity contribution is 1.11. The van der Waals surface area contributed by atoms with E-state index in [4.69, 9.17) is 0 Å². The average molecular weight is 389 g/mol. The predicted octanol–water partition coefficient (Wildman–Crippen LogP) is 4.63. The number of rotatable bonds is 3. The normalized spacial score (nSPS) is 11.3. The maximum absolute atomic E-state index is 4.55. The lowest BCUT2D eigenvalue weighted by atomic mass is 10.1. The highest BCUT2D eigenvalue weighted by Crippen LogP contribution is 2.33. The number of aromatic amines is 2. The maximum Gasteiger partial charge on any atom is 0.116 e. The molecule has 142 valence electrons. The summed E-state index contributed by atoms with van der Waals surface area (Å²) in [5.41, 5.74) is 7.33. The molecule has 0 radical (unpaired) electrons. The fourth-order valence-electron chi connectivity index (χ4n) is 3.72. The largest absolute Gasteiger partial charge is 0.352 e. The Labute approximate surface area is 170 Å². The number of hydrogen-bond donors (Lipinski definition) is 2. The molecule has 0 bridgehead atoms. The molecule has 30 heavy (non-hydrogen) atoms. The SMILES string of the molecule is c1ccc(-c2cc3c(-c4cc5c(-c6ccncc6)cncc5[nH]4)n[nH]c3cn2)nc1. The van der Waals surface area contributed by atoms with Crippen molar-refractivity contribution in [2.75, 3.05) is 0 Å². The molecule has 7 nitrogen and oxygen atoms in total. The van der Waals surface area contributed by atoms with Crippen LogP contribution in [0.2, 0.25) is 0 Å². The molecule has 0 aliphatic heterocycles. The molecule has 7 heteroatoms. The van der Waals surface area contributed by atoms with Crippen LogP contribution in [0.15, 0.2) is 79.6 Å². The van der Waals surface area contributed by atoms with Crippen LogP contribution in [0, 0.1) is 0 Å². The second kappa shape index (κ2) is 6.59. The summed E-state index contributed by atoms with van der Waals surface area (Å²) in [6.45, 7) is 0. The minimum Gasteiger partial charge on any atom is -0.352 e. The van der Waals surface area contributed by atoms with E-state index in [-0.39, 0.29) is 0 Å². The Morgan fingerprint density at radius 2 is 1.63 bits per heavy atom. The Bertz CT molecular complexity index is 1480. The summed E-state index contributed by atoms with van der Waals surface area (Å²) in [5, 5.41) is 9.70. The van der Waals surface area contributed by atoms with Crippen molar-refractivity contribution in [2.24, 2.45) is 0 Å². The second-order valence-corrected chi connectivity index (χ2v) is 6.97. The molecule has 0 fully saturated rings. The van der Waals surface area contributed by atoms with Gasteiger partial charge in [-0.3, -0.25) is 25.0 Å². The van der Waals surface area contributed by atoms with Gasteiger partial charge in [-0.15, -0.1) is 0 Å². The Balaban J connectivity index is 1.52. The van der Waals surface area contributed by atoms with Crippen LogP contribution in [0.4, 0.5) is 0 Å². The van der Waals surface area contributed by atoms with Gasteiger partial charge in [-0.2, -0.15) is 5.10 Å². The van der Waals surface area contributed by atoms with Gasteiger partial charge in [-0.05, 0) is 42.0 Å². The monoisotopic (exact) mass is 389 g/mol. The van der Waals surface area contributed by atoms with Crippen LogP contribution in [0.5, 0.6) is 0 Å². The summed E-state index contributed by atoms with van der Waals surface area (Å²) in [7, 11) is 0. The van der Waals surface area contributed by atoms with Crippen molar-refractivity contribution in [1.82, 2.24) is 35.1 Å². The van der Waals surface area contributed by atoms with Gasteiger partial charge in [-0.25, -0.2) is 0 Å². The van der Waals surface area contributed by atoms with Crippen molar-refractivity contribution in [3.8, 4) is 33.9 Å². The van der Waals surface area contributed by atoms with Gasteiger partial charge in [0.2, 0.25) is 0 Å². The van der Waals surface area contributed by atoms with E-state index >= 15 is 0 Å². The molecule has 0 atom stereocenters. The summed E-state index contributed by atoms with van der Waals surface area (Å²) in [6, 6.07) is 13.9. The molecule has 0 saturated carbocycles. The zero-order chi connectivity index (χ0) is 19.9. The highest BCUT2D eigenvalue weighted by molar-refractivity contribution is 6.00. The standard InChI is InChI=1S/C23H15N7/c1-2-6-26-18(3-1)19-10-16-22(13-27-19)29-30-23(16)20-9-15-17(11-25-12-21(15)28-20)14-4-7-24-8-5-14/h1-13,28H,(H,29,30). The number of pyridine rings is 4. The first-order valence-corrected chi connectivity index (χ1v) is 9.50. The van der Waals surface area contributed by atoms with Crippen molar-refractivity contribution >= 4 is 21.8 Å². The molecule has 6 rings (SSSR count). The van der Waals surface area contributed by atoms with Gasteiger partial charge >= 0.3 is 0 Å². The minimum atomic E-state index is 0.806. The molecule has 2 N–H and O–H groups in total. The van der Waals surface area contributed by atoms with Gasteiger partial charge in [-0.1, -0.05) is 6.07 Å². The lowest BCUT2D eigenvalue weighted by Crippen LogP contribution is -1.86. The van der Waals surface area contributed by atoms with Crippen molar-refractivity contribution in [3.63, 3.8) is 0 Å². The first kappa shape index (κ1) is 16.6. The highest BCUT2D eigenvalue weighted by Gasteiger charge is 2.15. The van der Waals surface area contributed by atoms with E-state index in [1.807, 2.05) is 48.8 Å². The molecule has 0 saturated heterocycles. The van der Waals surface area contributed by atoms with Crippen LogP contribution < -0.4 is 0 Å². The van der Waals surface area contributed by atoms with Gasteiger partial charge in [0.25, 0.3) is 0 Å². The zero-order valence-electron chi connectivity index (χ0n) is 15.7. The second-order valence-electron chi connectivity index (χ2n) is 6.97. The summed E-state index contributed by atoms with van der Waals surface area (Å²) in [6.07, 6.45) is 10.8. The molecule has 6 aromatic rings. The van der Waals surface area contributed by atoms with E-state index in [1.54, 1.807) is 24.8 Å². The average Bonchev–Trinajstić information content (AvgIpc) is 3.43. The molecule has 0 unspecified atom stereocenters. The maximum atomic E-state index is 4.55. The number of nitrogens with zero attached hydrogens (tertiary/aromatic N) is 5. The van der Waals surface area contributed by atoms with E-state index in [2.05, 4.69) is 41.2 Å². The third-order valence-electron chi connectivity index (χ3n) is 5.17. The molecular weight excluding hydrogens is 374 g/mol. The van der Waals surface area contributed by atoms with Crippen molar-refractivity contribution in [1.29, 1.82) is 0 Å². The van der Waals surface area contributed by atoms with Gasteiger partial charge in [0.05, 0.1) is 40.5 Å². The van der Waals surface area contributed by atoms with Crippen LogP contribution >= 0.6 is 0 Å². The van der Waals surface area contributed by atoms with Crippen LogP contribution in [0.3, 0.4) is 0 Å². The molecule has 0 aromatic carbocycles. The fourth-order valence-corrected chi connectivity index (χ4v) is 3.72. The van der Waals surface area contributed by atoms with Crippen LogP contribution in [0.25, 0.3) is 55.7 Å². The molecule has 0 spiro atoms. The first-order chi connectivity index (χ1) is 14.9. The van der Waals surface area contributed by atoms with E-state index < -0.39 is 0 Å². The van der Waals surface area contributed by atoms with E-state index in [0.717, 1.165) is 55.7 Å². The number of hydrogen-bond acceptors (Lipinski definition) is 5. The van der Waals surface area contributed by atoms with Gasteiger partial charge in [0, 0.05) is 41.1 Å². The minimum absolute atomic E-state index is 0.806. The zero-order valence-corrected chi connectivity index (χ0v) is 15.7. The van der Waals surface area contributed by atoms with Crippen LogP contribution in [-0.4, -0.2) is 35.1 Å². The molecule has 0 aliphatic carbocycles. The summed E-state index contributed by atoms with van der Waals surface area (Å²) in [5.74, 6) is 0. The van der Waals surface area contributed by atoms with Gasteiger partial charge in [0.15, 0.2) is 0 Å². The predicted molar refractivity (Wildman–Crippen MR) is 115 cm³/mol. The molecule has 0 amide bonds. The molecular formula is C23H15N7. The van der Waals surface area contributed by atoms with Crippen molar-refractivity contribution in [2.45, 2.75) is 0 Å². The molecule has 0 aliphatic rings. The van der Waals surface area contributed by atoms with E-state index in [9.17, 15) is 0 Å². The fraction of sp³-hybridized carbons (Fsp3) is 0. The number of nitrogens with one attached hydrogen (secondary N) is 2. The quantitative estimate of drug-likeness (QED) is 0.460. The third kappa shape index (κ3) is 2.64. The van der Waals surface area contributed by atoms with Gasteiger partial charge < -0.3 is 4.98 Å². The van der Waals surface area contributed by atoms with Crippen molar-refractivity contribution in [3.05, 3.63) is 79.6 Å². The molecule has 6 heterocycles. The molecule has 6 aromatic heterocycles. The van der Waals surface area contributed by atoms with E-state index in [1.165, 1.54) is 0 Å². The number of H-pyrrole nitrogens is 2. The Morgan fingerprint density at radius 3 is 2.50 bits per heavy atom. The third-order valence-corrected chi connectivity index (χ3v) is 5.17. The van der Waals surface area contributed by atoms with E-state index in [0.29, 0.717) is 0 Å². The lowest BCUT2D eigenvalue weighted by Gasteiger charge is -2.01. The summed E-state index contributed by atoms with van der Waals surface area (Å²) in [4.78, 5) is 20.9. The Kier molecular flexibility index (Phi) is 3.64. The summed E-state index contributed by atoms with van der Waals surface area (Å²) < 4.78 is 0. The van der Waals surface area contributed by atoms with Crippen LogP contribution in [0.1, 0.15) is 0 Å². The Hall–Kier alpha value is -4.39. The smallest absolute Gasteiger partial charge is 0.116 e. The van der Waals surface area contributed by atoms with Gasteiger partial charge in [0.1, 0.15) is 5.69 Å². The highest BCUT2D eigenvalue weighted by atomic mass is 15.1.